The minimum Gasteiger partial charge on any atom is -0.487 e. The van der Waals surface area contributed by atoms with Gasteiger partial charge in [-0.25, -0.2) is 4.39 Å². The Morgan fingerprint density at radius 3 is 2.95 bits per heavy atom. The van der Waals surface area contributed by atoms with Crippen LogP contribution in [0.2, 0.25) is 0 Å². The SMILES string of the molecule is CCOCC(=O)N1CC[C@H](Oc2cccc(F)c2)[C@@](C)(O)C1. The lowest BCUT2D eigenvalue weighted by molar-refractivity contribution is -0.150. The summed E-state index contributed by atoms with van der Waals surface area (Å²) in [5, 5.41) is 10.6. The molecular formula is C16H22FNO4. The van der Waals surface area contributed by atoms with Gasteiger partial charge in [-0.3, -0.25) is 4.79 Å². The van der Waals surface area contributed by atoms with Crippen molar-refractivity contribution in [3.8, 4) is 5.75 Å². The highest BCUT2D eigenvalue weighted by Gasteiger charge is 2.41. The minimum atomic E-state index is -1.20. The quantitative estimate of drug-likeness (QED) is 0.897. The molecule has 1 amide bonds. The molecule has 22 heavy (non-hydrogen) atoms. The summed E-state index contributed by atoms with van der Waals surface area (Å²) in [6.07, 6.45) is -0.0214. The zero-order valence-electron chi connectivity index (χ0n) is 12.9. The first kappa shape index (κ1) is 16.7. The molecule has 0 radical (unpaired) electrons. The first-order chi connectivity index (χ1) is 10.4. The second-order valence-corrected chi connectivity index (χ2v) is 5.66. The highest BCUT2D eigenvalue weighted by Crippen LogP contribution is 2.26. The monoisotopic (exact) mass is 311 g/mol. The van der Waals surface area contributed by atoms with Gasteiger partial charge >= 0.3 is 0 Å². The molecule has 1 fully saturated rings. The number of β-amino-alcohol motifs (C(OH)–C–C–N with tert-alkyl or cyclic N) is 1. The number of aliphatic hydroxyl groups is 1. The molecule has 0 aromatic heterocycles. The van der Waals surface area contributed by atoms with Gasteiger partial charge in [0.2, 0.25) is 5.91 Å². The van der Waals surface area contributed by atoms with Crippen molar-refractivity contribution in [3.05, 3.63) is 30.1 Å². The fourth-order valence-electron chi connectivity index (χ4n) is 2.54. The summed E-state index contributed by atoms with van der Waals surface area (Å²) in [5.41, 5.74) is -1.20. The number of carbonyl (C=O) groups excluding carboxylic acids is 1. The number of likely N-dealkylation sites (tertiary alicyclic amines) is 1. The Morgan fingerprint density at radius 1 is 1.55 bits per heavy atom. The van der Waals surface area contributed by atoms with E-state index in [1.807, 2.05) is 6.92 Å². The predicted octanol–water partition coefficient (Wildman–Crippen LogP) is 1.59. The fourth-order valence-corrected chi connectivity index (χ4v) is 2.54. The van der Waals surface area contributed by atoms with Gasteiger partial charge in [0.05, 0.1) is 6.54 Å². The van der Waals surface area contributed by atoms with Crippen LogP contribution in [0.4, 0.5) is 4.39 Å². The lowest BCUT2D eigenvalue weighted by Crippen LogP contribution is -2.58. The molecule has 1 aliphatic heterocycles. The molecular weight excluding hydrogens is 289 g/mol. The van der Waals surface area contributed by atoms with Crippen molar-refractivity contribution in [1.82, 2.24) is 4.90 Å². The number of carbonyl (C=O) groups is 1. The lowest BCUT2D eigenvalue weighted by atomic mass is 9.91. The summed E-state index contributed by atoms with van der Waals surface area (Å²) < 4.78 is 24.0. The third kappa shape index (κ3) is 4.18. The molecule has 1 N–H and O–H groups in total. The fraction of sp³-hybridized carbons (Fsp3) is 0.562. The minimum absolute atomic E-state index is 0.0159. The second-order valence-electron chi connectivity index (χ2n) is 5.66. The van der Waals surface area contributed by atoms with Crippen LogP contribution in [-0.4, -0.2) is 53.9 Å². The van der Waals surface area contributed by atoms with E-state index in [2.05, 4.69) is 0 Å². The van der Waals surface area contributed by atoms with Gasteiger partial charge in [0.25, 0.3) is 0 Å². The number of halogens is 1. The maximum atomic E-state index is 13.2. The lowest BCUT2D eigenvalue weighted by Gasteiger charge is -2.42. The number of rotatable bonds is 5. The molecule has 1 aromatic carbocycles. The number of hydrogen-bond acceptors (Lipinski definition) is 4. The summed E-state index contributed by atoms with van der Waals surface area (Å²) in [7, 11) is 0. The van der Waals surface area contributed by atoms with Crippen LogP contribution >= 0.6 is 0 Å². The third-order valence-electron chi connectivity index (χ3n) is 3.72. The van der Waals surface area contributed by atoms with E-state index in [1.165, 1.54) is 12.1 Å². The van der Waals surface area contributed by atoms with Crippen LogP contribution < -0.4 is 4.74 Å². The molecule has 6 heteroatoms. The average molecular weight is 311 g/mol. The van der Waals surface area contributed by atoms with E-state index in [0.29, 0.717) is 25.3 Å². The number of ether oxygens (including phenoxy) is 2. The summed E-state index contributed by atoms with van der Waals surface area (Å²) in [6, 6.07) is 5.81. The Balaban J connectivity index is 1.97. The van der Waals surface area contributed by atoms with E-state index >= 15 is 0 Å². The molecule has 1 aliphatic rings. The van der Waals surface area contributed by atoms with Gasteiger partial charge in [-0.1, -0.05) is 6.07 Å². The van der Waals surface area contributed by atoms with Crippen molar-refractivity contribution < 1.29 is 23.8 Å². The van der Waals surface area contributed by atoms with Crippen LogP contribution in [0.15, 0.2) is 24.3 Å². The number of amides is 1. The molecule has 2 rings (SSSR count). The number of hydrogen-bond donors (Lipinski definition) is 1. The molecule has 0 unspecified atom stereocenters. The van der Waals surface area contributed by atoms with Crippen LogP contribution in [0.25, 0.3) is 0 Å². The highest BCUT2D eigenvalue weighted by atomic mass is 19.1. The second kappa shape index (κ2) is 7.07. The van der Waals surface area contributed by atoms with Crippen LogP contribution in [0.3, 0.4) is 0 Å². The van der Waals surface area contributed by atoms with Gasteiger partial charge in [-0.05, 0) is 26.0 Å². The van der Waals surface area contributed by atoms with Crippen molar-refractivity contribution in [2.75, 3.05) is 26.3 Å². The number of nitrogens with zero attached hydrogens (tertiary/aromatic N) is 1. The van der Waals surface area contributed by atoms with E-state index in [-0.39, 0.29) is 24.9 Å². The standard InChI is InChI=1S/C16H22FNO4/c1-3-21-10-15(19)18-8-7-14(16(2,20)11-18)22-13-6-4-5-12(17)9-13/h4-6,9,14,20H,3,7-8,10-11H2,1-2H3/t14-,16-/m0/s1. The van der Waals surface area contributed by atoms with Gasteiger partial charge in [0, 0.05) is 25.6 Å². The Hall–Kier alpha value is -1.66. The molecule has 0 spiro atoms. The van der Waals surface area contributed by atoms with Crippen molar-refractivity contribution in [2.24, 2.45) is 0 Å². The predicted molar refractivity (Wildman–Crippen MR) is 79.1 cm³/mol. The van der Waals surface area contributed by atoms with Crippen LogP contribution in [0.5, 0.6) is 5.75 Å². The first-order valence-electron chi connectivity index (χ1n) is 7.42. The average Bonchev–Trinajstić information content (AvgIpc) is 2.46. The molecule has 1 heterocycles. The van der Waals surface area contributed by atoms with Crippen molar-refractivity contribution in [3.63, 3.8) is 0 Å². The summed E-state index contributed by atoms with van der Waals surface area (Å²) >= 11 is 0. The molecule has 122 valence electrons. The summed E-state index contributed by atoms with van der Waals surface area (Å²) in [6.45, 7) is 4.57. The van der Waals surface area contributed by atoms with Crippen molar-refractivity contribution in [2.45, 2.75) is 32.0 Å². The molecule has 1 aromatic rings. The van der Waals surface area contributed by atoms with Crippen molar-refractivity contribution in [1.29, 1.82) is 0 Å². The summed E-state index contributed by atoms with van der Waals surface area (Å²) in [5.74, 6) is -0.160. The number of benzene rings is 1. The van der Waals surface area contributed by atoms with Crippen LogP contribution in [-0.2, 0) is 9.53 Å². The van der Waals surface area contributed by atoms with E-state index in [4.69, 9.17) is 9.47 Å². The third-order valence-corrected chi connectivity index (χ3v) is 3.72. The summed E-state index contributed by atoms with van der Waals surface area (Å²) in [4.78, 5) is 13.5. The Labute approximate surface area is 129 Å². The molecule has 0 bridgehead atoms. The molecule has 0 saturated carbocycles. The Morgan fingerprint density at radius 2 is 2.32 bits per heavy atom. The van der Waals surface area contributed by atoms with Gasteiger partial charge in [0.15, 0.2) is 0 Å². The van der Waals surface area contributed by atoms with Gasteiger partial charge in [-0.15, -0.1) is 0 Å². The topological polar surface area (TPSA) is 59.0 Å². The van der Waals surface area contributed by atoms with Gasteiger partial charge in [0.1, 0.15) is 29.9 Å². The highest BCUT2D eigenvalue weighted by molar-refractivity contribution is 5.77. The number of piperidine rings is 1. The molecule has 0 aliphatic carbocycles. The molecule has 5 nitrogen and oxygen atoms in total. The molecule has 1 saturated heterocycles. The maximum absolute atomic E-state index is 13.2. The zero-order valence-corrected chi connectivity index (χ0v) is 12.9. The van der Waals surface area contributed by atoms with E-state index < -0.39 is 11.7 Å². The smallest absolute Gasteiger partial charge is 0.248 e. The van der Waals surface area contributed by atoms with Gasteiger partial charge in [-0.2, -0.15) is 0 Å². The normalized spacial score (nSPS) is 25.1. The maximum Gasteiger partial charge on any atom is 0.248 e. The van der Waals surface area contributed by atoms with Gasteiger partial charge < -0.3 is 19.5 Å². The van der Waals surface area contributed by atoms with Crippen LogP contribution in [0.1, 0.15) is 20.3 Å². The zero-order chi connectivity index (χ0) is 16.2. The Bertz CT molecular complexity index is 521. The van der Waals surface area contributed by atoms with Crippen LogP contribution in [0, 0.1) is 5.82 Å². The molecule has 2 atom stereocenters. The van der Waals surface area contributed by atoms with Crippen molar-refractivity contribution >= 4 is 5.91 Å². The van der Waals surface area contributed by atoms with E-state index in [9.17, 15) is 14.3 Å². The largest absolute Gasteiger partial charge is 0.487 e. The Kier molecular flexibility index (Phi) is 5.37. The van der Waals surface area contributed by atoms with E-state index in [0.717, 1.165) is 0 Å². The first-order valence-corrected chi connectivity index (χ1v) is 7.42. The van der Waals surface area contributed by atoms with E-state index in [1.54, 1.807) is 24.0 Å².